The van der Waals surface area contributed by atoms with Crippen LogP contribution in [-0.4, -0.2) is 66.1 Å². The summed E-state index contributed by atoms with van der Waals surface area (Å²) in [6.45, 7) is 8.45. The Morgan fingerprint density at radius 2 is 1.53 bits per heavy atom. The lowest BCUT2D eigenvalue weighted by molar-refractivity contribution is -0.369. The molecule has 1 aromatic rings. The second-order valence-electron chi connectivity index (χ2n) is 13.8. The van der Waals surface area contributed by atoms with Crippen LogP contribution in [0.3, 0.4) is 0 Å². The quantitative estimate of drug-likeness (QED) is 0.0916. The number of hydrogen-bond donors (Lipinski definition) is 2. The van der Waals surface area contributed by atoms with Crippen LogP contribution in [-0.2, 0) is 39.9 Å². The first-order chi connectivity index (χ1) is 22.7. The van der Waals surface area contributed by atoms with Crippen molar-refractivity contribution in [2.75, 3.05) is 6.61 Å². The average molecular weight is 662 g/mol. The van der Waals surface area contributed by atoms with E-state index in [0.717, 1.165) is 50.5 Å². The van der Waals surface area contributed by atoms with Gasteiger partial charge in [-0.2, -0.15) is 0 Å². The molecule has 1 aromatic carbocycles. The van der Waals surface area contributed by atoms with E-state index in [2.05, 4.69) is 19.2 Å². The molecule has 2 aliphatic rings. The first kappa shape index (κ1) is 39.4. The summed E-state index contributed by atoms with van der Waals surface area (Å²) in [7, 11) is 0. The van der Waals surface area contributed by atoms with Crippen molar-refractivity contribution in [3.63, 3.8) is 0 Å². The van der Waals surface area contributed by atoms with Gasteiger partial charge in [0.05, 0.1) is 19.6 Å². The molecule has 0 spiro atoms. The highest BCUT2D eigenvalue weighted by Crippen LogP contribution is 2.33. The largest absolute Gasteiger partial charge is 0.462 e. The van der Waals surface area contributed by atoms with Gasteiger partial charge in [0.2, 0.25) is 5.91 Å². The maximum Gasteiger partial charge on any atom is 0.306 e. The molecule has 0 radical (unpaired) electrons. The standard InChI is InChI=1S/C38H63NO8/c1-5-7-9-11-12-13-14-16-20-24-30(45-33(41)25-21-15-10-8-6-2)26-32(40)39-34-35(42)36-31(28-44-38(3,4)47-36)46-37(34)43-27-29-22-18-17-19-23-29/h17-19,22-23,30-31,34-37,42H,5-16,20-21,24-28H2,1-4H3,(H,39,40)/t30-,31-,34-,35-,36-,37-/m1/s1. The van der Waals surface area contributed by atoms with E-state index in [-0.39, 0.29) is 31.5 Å². The molecule has 47 heavy (non-hydrogen) atoms. The van der Waals surface area contributed by atoms with Gasteiger partial charge in [0.1, 0.15) is 30.5 Å². The Hall–Kier alpha value is -2.04. The minimum atomic E-state index is -1.09. The van der Waals surface area contributed by atoms with Crippen LogP contribution in [0.1, 0.15) is 142 Å². The predicted molar refractivity (Wildman–Crippen MR) is 182 cm³/mol. The van der Waals surface area contributed by atoms with Crippen molar-refractivity contribution >= 4 is 11.9 Å². The van der Waals surface area contributed by atoms with Crippen molar-refractivity contribution in [2.45, 2.75) is 186 Å². The highest BCUT2D eigenvalue weighted by Gasteiger charge is 2.51. The lowest BCUT2D eigenvalue weighted by Gasteiger charge is -2.49. The van der Waals surface area contributed by atoms with Crippen LogP contribution < -0.4 is 5.32 Å². The summed E-state index contributed by atoms with van der Waals surface area (Å²) in [5.74, 6) is -1.48. The summed E-state index contributed by atoms with van der Waals surface area (Å²) in [5, 5.41) is 14.5. The van der Waals surface area contributed by atoms with Crippen LogP contribution in [0.2, 0.25) is 0 Å². The Bertz CT molecular complexity index is 1000. The maximum absolute atomic E-state index is 13.6. The Kier molecular flexibility index (Phi) is 18.3. The summed E-state index contributed by atoms with van der Waals surface area (Å²) >= 11 is 0. The molecule has 2 aliphatic heterocycles. The van der Waals surface area contributed by atoms with Gasteiger partial charge in [-0.1, -0.05) is 121 Å². The molecule has 2 saturated heterocycles. The zero-order chi connectivity index (χ0) is 33.9. The van der Waals surface area contributed by atoms with Crippen molar-refractivity contribution in [1.29, 1.82) is 0 Å². The Morgan fingerprint density at radius 3 is 2.19 bits per heavy atom. The van der Waals surface area contributed by atoms with Gasteiger partial charge in [0, 0.05) is 6.42 Å². The number of hydrogen-bond acceptors (Lipinski definition) is 8. The van der Waals surface area contributed by atoms with Gasteiger partial charge >= 0.3 is 5.97 Å². The van der Waals surface area contributed by atoms with E-state index in [1.54, 1.807) is 13.8 Å². The number of esters is 1. The second kappa shape index (κ2) is 21.8. The highest BCUT2D eigenvalue weighted by atomic mass is 16.8. The van der Waals surface area contributed by atoms with Crippen LogP contribution in [0, 0.1) is 0 Å². The lowest BCUT2D eigenvalue weighted by atomic mass is 9.95. The minimum Gasteiger partial charge on any atom is -0.462 e. The highest BCUT2D eigenvalue weighted by molar-refractivity contribution is 5.77. The second-order valence-corrected chi connectivity index (χ2v) is 13.8. The molecule has 1 amide bonds. The van der Waals surface area contributed by atoms with Crippen molar-refractivity contribution in [3.05, 3.63) is 35.9 Å². The monoisotopic (exact) mass is 661 g/mol. The normalized spacial score (nSPS) is 24.3. The fraction of sp³-hybridized carbons (Fsp3) is 0.789. The average Bonchev–Trinajstić information content (AvgIpc) is 3.05. The zero-order valence-electron chi connectivity index (χ0n) is 29.6. The third-order valence-electron chi connectivity index (χ3n) is 9.10. The third-order valence-corrected chi connectivity index (χ3v) is 9.10. The van der Waals surface area contributed by atoms with E-state index in [1.165, 1.54) is 44.9 Å². The smallest absolute Gasteiger partial charge is 0.306 e. The summed E-state index contributed by atoms with van der Waals surface area (Å²) in [6, 6.07) is 8.79. The lowest BCUT2D eigenvalue weighted by Crippen LogP contribution is -2.68. The molecule has 3 rings (SSSR count). The number of amides is 1. The third kappa shape index (κ3) is 14.9. The summed E-state index contributed by atoms with van der Waals surface area (Å²) in [6.07, 6.45) is 13.1. The summed E-state index contributed by atoms with van der Waals surface area (Å²) in [5.41, 5.74) is 0.942. The van der Waals surface area contributed by atoms with Gasteiger partial charge in [-0.05, 0) is 38.7 Å². The molecule has 2 fully saturated rings. The zero-order valence-corrected chi connectivity index (χ0v) is 29.6. The topological polar surface area (TPSA) is 113 Å². The molecule has 268 valence electrons. The van der Waals surface area contributed by atoms with Crippen LogP contribution >= 0.6 is 0 Å². The van der Waals surface area contributed by atoms with Gasteiger partial charge in [-0.15, -0.1) is 0 Å². The molecule has 2 heterocycles. The van der Waals surface area contributed by atoms with Crippen LogP contribution in [0.4, 0.5) is 0 Å². The number of rotatable bonds is 23. The van der Waals surface area contributed by atoms with Crippen molar-refractivity contribution in [2.24, 2.45) is 0 Å². The SMILES string of the molecule is CCCCCCCCCCC[C@H](CC(=O)N[C@H]1[C@H](OCc2ccccc2)O[C@@H]2COC(C)(C)O[C@H]2[C@@H]1O)OC(=O)CCCCCCC. The summed E-state index contributed by atoms with van der Waals surface area (Å²) < 4.78 is 30.1. The number of aliphatic hydroxyl groups excluding tert-OH is 1. The molecule has 2 N–H and O–H groups in total. The number of carbonyl (C=O) groups excluding carboxylic acids is 2. The van der Waals surface area contributed by atoms with Crippen LogP contribution in [0.25, 0.3) is 0 Å². The molecule has 0 aromatic heterocycles. The number of unbranched alkanes of at least 4 members (excludes halogenated alkanes) is 12. The molecular weight excluding hydrogens is 598 g/mol. The Balaban J connectivity index is 1.60. The predicted octanol–water partition coefficient (Wildman–Crippen LogP) is 7.51. The van der Waals surface area contributed by atoms with E-state index < -0.39 is 42.5 Å². The number of nitrogens with one attached hydrogen (secondary N) is 1. The van der Waals surface area contributed by atoms with E-state index in [0.29, 0.717) is 12.8 Å². The van der Waals surface area contributed by atoms with Crippen molar-refractivity contribution in [1.82, 2.24) is 5.32 Å². The van der Waals surface area contributed by atoms with Gasteiger partial charge in [0.25, 0.3) is 0 Å². The molecule has 0 bridgehead atoms. The fourth-order valence-electron chi connectivity index (χ4n) is 6.35. The van der Waals surface area contributed by atoms with E-state index in [1.807, 2.05) is 30.3 Å². The molecule has 9 nitrogen and oxygen atoms in total. The van der Waals surface area contributed by atoms with Crippen LogP contribution in [0.15, 0.2) is 30.3 Å². The van der Waals surface area contributed by atoms with Crippen molar-refractivity contribution < 1.29 is 38.4 Å². The van der Waals surface area contributed by atoms with Gasteiger partial charge in [0.15, 0.2) is 12.1 Å². The first-order valence-electron chi connectivity index (χ1n) is 18.5. The number of carbonyl (C=O) groups is 2. The van der Waals surface area contributed by atoms with E-state index >= 15 is 0 Å². The number of ether oxygens (including phenoxy) is 5. The Labute approximate surface area is 283 Å². The van der Waals surface area contributed by atoms with E-state index in [9.17, 15) is 14.7 Å². The van der Waals surface area contributed by atoms with E-state index in [4.69, 9.17) is 23.7 Å². The maximum atomic E-state index is 13.6. The molecule has 9 heteroatoms. The van der Waals surface area contributed by atoms with Gasteiger partial charge in [-0.25, -0.2) is 0 Å². The number of benzene rings is 1. The van der Waals surface area contributed by atoms with Crippen LogP contribution in [0.5, 0.6) is 0 Å². The molecular formula is C38H63NO8. The number of fused-ring (bicyclic) bond motifs is 1. The molecule has 6 atom stereocenters. The number of aliphatic hydroxyl groups is 1. The fourth-order valence-corrected chi connectivity index (χ4v) is 6.35. The minimum absolute atomic E-state index is 0.0107. The molecule has 0 aliphatic carbocycles. The summed E-state index contributed by atoms with van der Waals surface area (Å²) in [4.78, 5) is 26.4. The van der Waals surface area contributed by atoms with Gasteiger partial charge in [-0.3, -0.25) is 9.59 Å². The van der Waals surface area contributed by atoms with Gasteiger partial charge < -0.3 is 34.1 Å². The Morgan fingerprint density at radius 1 is 0.915 bits per heavy atom. The molecule has 0 unspecified atom stereocenters. The first-order valence-corrected chi connectivity index (χ1v) is 18.5. The molecule has 0 saturated carbocycles. The van der Waals surface area contributed by atoms with Crippen molar-refractivity contribution in [3.8, 4) is 0 Å².